The molecule has 2 aromatic rings. The summed E-state index contributed by atoms with van der Waals surface area (Å²) in [5.74, 6) is 0.462. The van der Waals surface area contributed by atoms with Gasteiger partial charge in [0.15, 0.2) is 0 Å². The predicted octanol–water partition coefficient (Wildman–Crippen LogP) is 3.95. The lowest BCUT2D eigenvalue weighted by molar-refractivity contribution is 1.21. The van der Waals surface area contributed by atoms with Gasteiger partial charge in [-0.25, -0.2) is 4.98 Å². The monoisotopic (exact) mass is 252 g/mol. The van der Waals surface area contributed by atoms with Crippen LogP contribution >= 0.6 is 23.2 Å². The lowest BCUT2D eigenvalue weighted by atomic mass is 10.1. The van der Waals surface area contributed by atoms with Crippen molar-refractivity contribution in [2.75, 3.05) is 5.73 Å². The normalized spacial score (nSPS) is 10.4. The number of hydrogen-bond donors (Lipinski definition) is 1. The van der Waals surface area contributed by atoms with E-state index in [-0.39, 0.29) is 0 Å². The van der Waals surface area contributed by atoms with Crippen molar-refractivity contribution in [3.8, 4) is 11.1 Å². The van der Waals surface area contributed by atoms with Gasteiger partial charge in [-0.1, -0.05) is 23.2 Å². The van der Waals surface area contributed by atoms with E-state index in [1.54, 1.807) is 18.2 Å². The van der Waals surface area contributed by atoms with Crippen LogP contribution in [0, 0.1) is 6.92 Å². The third-order valence-electron chi connectivity index (χ3n) is 2.28. The van der Waals surface area contributed by atoms with Crippen molar-refractivity contribution >= 4 is 29.0 Å². The van der Waals surface area contributed by atoms with Crippen molar-refractivity contribution < 1.29 is 0 Å². The topological polar surface area (TPSA) is 38.9 Å². The average Bonchev–Trinajstić information content (AvgIpc) is 2.22. The second-order valence-electron chi connectivity index (χ2n) is 3.51. The molecule has 2 nitrogen and oxygen atoms in total. The first kappa shape index (κ1) is 11.2. The molecular weight excluding hydrogens is 243 g/mol. The quantitative estimate of drug-likeness (QED) is 0.835. The van der Waals surface area contributed by atoms with Crippen LogP contribution in [0.3, 0.4) is 0 Å². The minimum Gasteiger partial charge on any atom is -0.383 e. The van der Waals surface area contributed by atoms with E-state index in [1.807, 2.05) is 19.1 Å². The van der Waals surface area contributed by atoms with Crippen LogP contribution in [0.15, 0.2) is 30.3 Å². The number of nitrogens with two attached hydrogens (primary N) is 1. The number of aryl methyl sites for hydroxylation is 1. The highest BCUT2D eigenvalue weighted by atomic mass is 35.5. The van der Waals surface area contributed by atoms with E-state index in [1.165, 1.54) is 0 Å². The highest BCUT2D eigenvalue weighted by Gasteiger charge is 2.08. The maximum Gasteiger partial charge on any atom is 0.131 e. The van der Waals surface area contributed by atoms with Gasteiger partial charge in [0.25, 0.3) is 0 Å². The van der Waals surface area contributed by atoms with Gasteiger partial charge in [0.2, 0.25) is 0 Å². The molecule has 16 heavy (non-hydrogen) atoms. The molecule has 0 spiro atoms. The molecule has 0 aliphatic heterocycles. The fourth-order valence-electron chi connectivity index (χ4n) is 1.51. The zero-order chi connectivity index (χ0) is 11.7. The number of halogens is 2. The Morgan fingerprint density at radius 3 is 2.50 bits per heavy atom. The lowest BCUT2D eigenvalue weighted by Crippen LogP contribution is -1.96. The highest BCUT2D eigenvalue weighted by molar-refractivity contribution is 6.35. The molecule has 82 valence electrons. The van der Waals surface area contributed by atoms with Gasteiger partial charge in [-0.05, 0) is 37.3 Å². The first-order valence-corrected chi connectivity index (χ1v) is 5.52. The first-order chi connectivity index (χ1) is 7.58. The summed E-state index contributed by atoms with van der Waals surface area (Å²) in [5.41, 5.74) is 8.34. The first-order valence-electron chi connectivity index (χ1n) is 4.76. The number of nitrogen functional groups attached to an aromatic ring is 1. The number of anilines is 1. The summed E-state index contributed by atoms with van der Waals surface area (Å²) in [6.07, 6.45) is 0. The molecule has 2 N–H and O–H groups in total. The van der Waals surface area contributed by atoms with Crippen LogP contribution in [0.5, 0.6) is 0 Å². The number of pyridine rings is 1. The number of nitrogens with zero attached hydrogens (tertiary/aromatic N) is 1. The zero-order valence-electron chi connectivity index (χ0n) is 8.67. The van der Waals surface area contributed by atoms with Gasteiger partial charge in [0.05, 0.1) is 0 Å². The molecule has 0 saturated heterocycles. The van der Waals surface area contributed by atoms with Gasteiger partial charge in [0.1, 0.15) is 5.82 Å². The van der Waals surface area contributed by atoms with Crippen LogP contribution in [-0.4, -0.2) is 4.98 Å². The largest absolute Gasteiger partial charge is 0.383 e. The smallest absolute Gasteiger partial charge is 0.131 e. The standard InChI is InChI=1S/C12H10Cl2N2/c1-7-2-4-9(12(15)16-7)10-6-8(13)3-5-11(10)14/h2-6H,1H3,(H2,15,16). The van der Waals surface area contributed by atoms with Crippen molar-refractivity contribution in [2.24, 2.45) is 0 Å². The van der Waals surface area contributed by atoms with Crippen molar-refractivity contribution in [2.45, 2.75) is 6.92 Å². The maximum atomic E-state index is 6.10. The summed E-state index contributed by atoms with van der Waals surface area (Å²) in [7, 11) is 0. The minimum atomic E-state index is 0.462. The summed E-state index contributed by atoms with van der Waals surface area (Å²) in [5, 5.41) is 1.24. The second kappa shape index (κ2) is 4.32. The number of benzene rings is 1. The van der Waals surface area contributed by atoms with Crippen LogP contribution in [0.2, 0.25) is 10.0 Å². The molecule has 0 bridgehead atoms. The predicted molar refractivity (Wildman–Crippen MR) is 68.8 cm³/mol. The van der Waals surface area contributed by atoms with Gasteiger partial charge in [-0.2, -0.15) is 0 Å². The molecule has 0 aliphatic rings. The number of hydrogen-bond acceptors (Lipinski definition) is 2. The Hall–Kier alpha value is -1.25. The van der Waals surface area contributed by atoms with E-state index < -0.39 is 0 Å². The third kappa shape index (κ3) is 2.13. The Morgan fingerprint density at radius 2 is 1.81 bits per heavy atom. The molecule has 1 aromatic carbocycles. The van der Waals surface area contributed by atoms with E-state index in [9.17, 15) is 0 Å². The molecule has 2 rings (SSSR count). The Kier molecular flexibility index (Phi) is 3.03. The number of rotatable bonds is 1. The van der Waals surface area contributed by atoms with E-state index in [4.69, 9.17) is 28.9 Å². The molecule has 1 aromatic heterocycles. The fraction of sp³-hybridized carbons (Fsp3) is 0.0833. The maximum absolute atomic E-state index is 6.10. The Morgan fingerprint density at radius 1 is 1.06 bits per heavy atom. The van der Waals surface area contributed by atoms with Crippen LogP contribution in [0.1, 0.15) is 5.69 Å². The van der Waals surface area contributed by atoms with Gasteiger partial charge in [-0.3, -0.25) is 0 Å². The molecular formula is C12H10Cl2N2. The third-order valence-corrected chi connectivity index (χ3v) is 2.85. The van der Waals surface area contributed by atoms with Crippen molar-refractivity contribution in [3.05, 3.63) is 46.1 Å². The molecule has 0 radical (unpaired) electrons. The van der Waals surface area contributed by atoms with E-state index in [2.05, 4.69) is 4.98 Å². The van der Waals surface area contributed by atoms with Crippen LogP contribution < -0.4 is 5.73 Å². The van der Waals surface area contributed by atoms with Crippen LogP contribution in [-0.2, 0) is 0 Å². The molecule has 0 aliphatic carbocycles. The highest BCUT2D eigenvalue weighted by Crippen LogP contribution is 2.33. The summed E-state index contributed by atoms with van der Waals surface area (Å²) in [6.45, 7) is 1.89. The van der Waals surface area contributed by atoms with Gasteiger partial charge in [0, 0.05) is 26.9 Å². The molecule has 0 amide bonds. The Balaban J connectivity index is 2.62. The summed E-state index contributed by atoms with van der Waals surface area (Å²) >= 11 is 12.0. The van der Waals surface area contributed by atoms with E-state index in [0.29, 0.717) is 15.9 Å². The zero-order valence-corrected chi connectivity index (χ0v) is 10.2. The summed E-state index contributed by atoms with van der Waals surface area (Å²) in [6, 6.07) is 9.06. The van der Waals surface area contributed by atoms with Crippen molar-refractivity contribution in [1.29, 1.82) is 0 Å². The SMILES string of the molecule is Cc1ccc(-c2cc(Cl)ccc2Cl)c(N)n1. The van der Waals surface area contributed by atoms with Gasteiger partial charge < -0.3 is 5.73 Å². The molecule has 0 atom stereocenters. The van der Waals surface area contributed by atoms with Crippen molar-refractivity contribution in [1.82, 2.24) is 4.98 Å². The molecule has 0 fully saturated rings. The molecule has 4 heteroatoms. The summed E-state index contributed by atoms with van der Waals surface area (Å²) < 4.78 is 0. The second-order valence-corrected chi connectivity index (χ2v) is 4.35. The average molecular weight is 253 g/mol. The fourth-order valence-corrected chi connectivity index (χ4v) is 1.90. The summed E-state index contributed by atoms with van der Waals surface area (Å²) in [4.78, 5) is 4.20. The van der Waals surface area contributed by atoms with E-state index in [0.717, 1.165) is 16.8 Å². The van der Waals surface area contributed by atoms with Gasteiger partial charge >= 0.3 is 0 Å². The van der Waals surface area contributed by atoms with Crippen LogP contribution in [0.25, 0.3) is 11.1 Å². The van der Waals surface area contributed by atoms with Crippen molar-refractivity contribution in [3.63, 3.8) is 0 Å². The van der Waals surface area contributed by atoms with E-state index >= 15 is 0 Å². The molecule has 0 unspecified atom stereocenters. The molecule has 1 heterocycles. The minimum absolute atomic E-state index is 0.462. The lowest BCUT2D eigenvalue weighted by Gasteiger charge is -2.08. The Labute approximate surface area is 104 Å². The van der Waals surface area contributed by atoms with Gasteiger partial charge in [-0.15, -0.1) is 0 Å². The number of aromatic nitrogens is 1. The Bertz CT molecular complexity index is 539. The van der Waals surface area contributed by atoms with Crippen LogP contribution in [0.4, 0.5) is 5.82 Å². The molecule has 0 saturated carbocycles.